The number of aryl methyl sites for hydroxylation is 1. The molecule has 0 radical (unpaired) electrons. The molecule has 20 heavy (non-hydrogen) atoms. The number of amides is 1. The normalized spacial score (nSPS) is 22.5. The van der Waals surface area contributed by atoms with Gasteiger partial charge in [-0.15, -0.1) is 0 Å². The van der Waals surface area contributed by atoms with E-state index >= 15 is 0 Å². The Balaban J connectivity index is 2.08. The van der Waals surface area contributed by atoms with Crippen LogP contribution in [0.15, 0.2) is 23.1 Å². The van der Waals surface area contributed by atoms with E-state index in [9.17, 15) is 9.59 Å². The first-order valence-corrected chi connectivity index (χ1v) is 7.37. The molecule has 2 unspecified atom stereocenters. The predicted octanol–water partition coefficient (Wildman–Crippen LogP) is 1.57. The Labute approximate surface area is 119 Å². The average molecular weight is 277 g/mol. The highest BCUT2D eigenvalue weighted by atomic mass is 16.2. The third kappa shape index (κ3) is 3.28. The second kappa shape index (κ2) is 6.70. The van der Waals surface area contributed by atoms with E-state index in [1.54, 1.807) is 16.8 Å². The summed E-state index contributed by atoms with van der Waals surface area (Å²) in [6.07, 6.45) is 5.88. The van der Waals surface area contributed by atoms with Crippen LogP contribution >= 0.6 is 0 Å². The Morgan fingerprint density at radius 3 is 2.85 bits per heavy atom. The minimum Gasteiger partial charge on any atom is -0.330 e. The molecule has 5 heteroatoms. The summed E-state index contributed by atoms with van der Waals surface area (Å²) in [4.78, 5) is 23.9. The van der Waals surface area contributed by atoms with Crippen LogP contribution in [0.3, 0.4) is 0 Å². The summed E-state index contributed by atoms with van der Waals surface area (Å²) in [5.74, 6) is 0.304. The fraction of sp³-hybridized carbons (Fsp3) is 0.600. The Hall–Kier alpha value is -1.62. The molecule has 2 rings (SSSR count). The number of carbonyl (C=O) groups excluding carboxylic acids is 1. The number of nitrogens with one attached hydrogen (secondary N) is 1. The molecule has 0 spiro atoms. The third-order valence-corrected chi connectivity index (χ3v) is 4.14. The second-order valence-corrected chi connectivity index (χ2v) is 5.42. The molecule has 110 valence electrons. The van der Waals surface area contributed by atoms with Gasteiger partial charge < -0.3 is 15.6 Å². The number of carbonyl (C=O) groups is 1. The van der Waals surface area contributed by atoms with Crippen LogP contribution in [0.25, 0.3) is 0 Å². The van der Waals surface area contributed by atoms with E-state index in [1.807, 2.05) is 6.92 Å². The topological polar surface area (TPSA) is 77.1 Å². The van der Waals surface area contributed by atoms with E-state index < -0.39 is 0 Å². The molecule has 1 aliphatic carbocycles. The molecule has 0 aliphatic heterocycles. The van der Waals surface area contributed by atoms with Crippen molar-refractivity contribution in [2.24, 2.45) is 17.6 Å². The number of hydrogen-bond acceptors (Lipinski definition) is 3. The van der Waals surface area contributed by atoms with Gasteiger partial charge in [0.25, 0.3) is 5.56 Å². The maximum atomic E-state index is 12.4. The van der Waals surface area contributed by atoms with Crippen molar-refractivity contribution in [3.8, 4) is 0 Å². The van der Waals surface area contributed by atoms with Gasteiger partial charge >= 0.3 is 0 Å². The lowest BCUT2D eigenvalue weighted by Gasteiger charge is -2.29. The fourth-order valence-corrected chi connectivity index (χ4v) is 2.92. The van der Waals surface area contributed by atoms with Crippen molar-refractivity contribution >= 4 is 11.6 Å². The van der Waals surface area contributed by atoms with Gasteiger partial charge in [0.2, 0.25) is 5.91 Å². The SMILES string of the molecule is CCn1cc(NC(=O)C2CCCCC2CN)ccc1=O. The van der Waals surface area contributed by atoms with Gasteiger partial charge in [-0.3, -0.25) is 9.59 Å². The lowest BCUT2D eigenvalue weighted by molar-refractivity contribution is -0.122. The van der Waals surface area contributed by atoms with Gasteiger partial charge in [0.05, 0.1) is 5.69 Å². The molecular formula is C15H23N3O2. The molecule has 1 fully saturated rings. The zero-order valence-electron chi connectivity index (χ0n) is 12.0. The van der Waals surface area contributed by atoms with Crippen LogP contribution in [-0.2, 0) is 11.3 Å². The molecule has 1 aliphatic rings. The van der Waals surface area contributed by atoms with Crippen LogP contribution in [0.1, 0.15) is 32.6 Å². The summed E-state index contributed by atoms with van der Waals surface area (Å²) in [5, 5.41) is 2.92. The number of anilines is 1. The molecule has 1 saturated carbocycles. The van der Waals surface area contributed by atoms with Crippen molar-refractivity contribution in [2.45, 2.75) is 39.2 Å². The van der Waals surface area contributed by atoms with Gasteiger partial charge in [-0.1, -0.05) is 12.8 Å². The molecule has 5 nitrogen and oxygen atoms in total. The van der Waals surface area contributed by atoms with Crippen molar-refractivity contribution in [1.29, 1.82) is 0 Å². The van der Waals surface area contributed by atoms with Crippen LogP contribution in [0.2, 0.25) is 0 Å². The molecule has 0 aromatic carbocycles. The van der Waals surface area contributed by atoms with E-state index in [1.165, 1.54) is 6.07 Å². The summed E-state index contributed by atoms with van der Waals surface area (Å²) in [6, 6.07) is 3.15. The van der Waals surface area contributed by atoms with Crippen molar-refractivity contribution in [3.63, 3.8) is 0 Å². The van der Waals surface area contributed by atoms with Crippen molar-refractivity contribution in [3.05, 3.63) is 28.7 Å². The molecule has 2 atom stereocenters. The zero-order valence-corrected chi connectivity index (χ0v) is 12.0. The van der Waals surface area contributed by atoms with Gasteiger partial charge in [0.15, 0.2) is 0 Å². The summed E-state index contributed by atoms with van der Waals surface area (Å²) in [6.45, 7) is 3.06. The Morgan fingerprint density at radius 2 is 2.15 bits per heavy atom. The van der Waals surface area contributed by atoms with Gasteiger partial charge in [-0.05, 0) is 38.3 Å². The van der Waals surface area contributed by atoms with Gasteiger partial charge in [0, 0.05) is 24.7 Å². The van der Waals surface area contributed by atoms with Crippen molar-refractivity contribution in [1.82, 2.24) is 4.57 Å². The molecule has 3 N–H and O–H groups in total. The van der Waals surface area contributed by atoms with Crippen LogP contribution < -0.4 is 16.6 Å². The minimum atomic E-state index is -0.0528. The summed E-state index contributed by atoms with van der Waals surface area (Å²) in [5.41, 5.74) is 6.39. The smallest absolute Gasteiger partial charge is 0.250 e. The molecule has 1 aromatic rings. The van der Waals surface area contributed by atoms with Gasteiger partial charge in [-0.2, -0.15) is 0 Å². The quantitative estimate of drug-likeness (QED) is 0.877. The molecule has 0 saturated heterocycles. The molecular weight excluding hydrogens is 254 g/mol. The fourth-order valence-electron chi connectivity index (χ4n) is 2.92. The minimum absolute atomic E-state index is 0.00393. The monoisotopic (exact) mass is 277 g/mol. The van der Waals surface area contributed by atoms with E-state index in [2.05, 4.69) is 5.32 Å². The predicted molar refractivity (Wildman–Crippen MR) is 79.5 cm³/mol. The Kier molecular flexibility index (Phi) is 4.95. The first kappa shape index (κ1) is 14.8. The van der Waals surface area contributed by atoms with E-state index in [-0.39, 0.29) is 23.3 Å². The highest BCUT2D eigenvalue weighted by molar-refractivity contribution is 5.92. The van der Waals surface area contributed by atoms with Gasteiger partial charge in [-0.25, -0.2) is 0 Å². The Morgan fingerprint density at radius 1 is 1.40 bits per heavy atom. The van der Waals surface area contributed by atoms with E-state index in [0.717, 1.165) is 25.7 Å². The molecule has 0 bridgehead atoms. The number of hydrogen-bond donors (Lipinski definition) is 2. The average Bonchev–Trinajstić information content (AvgIpc) is 2.49. The standard InChI is InChI=1S/C15H23N3O2/c1-2-18-10-12(7-8-14(18)19)17-15(20)13-6-4-3-5-11(13)9-16/h7-8,10-11,13H,2-6,9,16H2,1H3,(H,17,20). The molecule has 1 amide bonds. The highest BCUT2D eigenvalue weighted by Crippen LogP contribution is 2.30. The number of rotatable bonds is 4. The van der Waals surface area contributed by atoms with E-state index in [0.29, 0.717) is 18.8 Å². The summed E-state index contributed by atoms with van der Waals surface area (Å²) < 4.78 is 1.58. The summed E-state index contributed by atoms with van der Waals surface area (Å²) in [7, 11) is 0. The summed E-state index contributed by atoms with van der Waals surface area (Å²) >= 11 is 0. The largest absolute Gasteiger partial charge is 0.330 e. The van der Waals surface area contributed by atoms with Crippen LogP contribution in [0, 0.1) is 11.8 Å². The maximum Gasteiger partial charge on any atom is 0.250 e. The van der Waals surface area contributed by atoms with E-state index in [4.69, 9.17) is 5.73 Å². The van der Waals surface area contributed by atoms with Crippen LogP contribution in [-0.4, -0.2) is 17.0 Å². The maximum absolute atomic E-state index is 12.4. The van der Waals surface area contributed by atoms with Crippen LogP contribution in [0.5, 0.6) is 0 Å². The number of pyridine rings is 1. The number of nitrogens with zero attached hydrogens (tertiary/aromatic N) is 1. The third-order valence-electron chi connectivity index (χ3n) is 4.14. The second-order valence-electron chi connectivity index (χ2n) is 5.42. The van der Waals surface area contributed by atoms with Crippen LogP contribution in [0.4, 0.5) is 5.69 Å². The molecule has 1 heterocycles. The lowest BCUT2D eigenvalue weighted by atomic mass is 9.79. The number of aromatic nitrogens is 1. The van der Waals surface area contributed by atoms with Gasteiger partial charge in [0.1, 0.15) is 0 Å². The van der Waals surface area contributed by atoms with Crippen molar-refractivity contribution in [2.75, 3.05) is 11.9 Å². The first-order chi connectivity index (χ1) is 9.65. The Bertz CT molecular complexity index is 524. The van der Waals surface area contributed by atoms with Crippen molar-refractivity contribution < 1.29 is 4.79 Å². The lowest BCUT2D eigenvalue weighted by Crippen LogP contribution is -2.35. The molecule has 1 aromatic heterocycles. The highest BCUT2D eigenvalue weighted by Gasteiger charge is 2.29. The first-order valence-electron chi connectivity index (χ1n) is 7.37. The zero-order chi connectivity index (χ0) is 14.5. The number of nitrogens with two attached hydrogens (primary N) is 1.